The molecule has 2 heterocycles. The maximum Gasteiger partial charge on any atom is 0.356 e. The van der Waals surface area contributed by atoms with Gasteiger partial charge in [-0.3, -0.25) is 5.10 Å². The Morgan fingerprint density at radius 3 is 2.76 bits per heavy atom. The first-order valence-electron chi connectivity index (χ1n) is 4.98. The van der Waals surface area contributed by atoms with Gasteiger partial charge in [-0.1, -0.05) is 30.3 Å². The van der Waals surface area contributed by atoms with Gasteiger partial charge in [0.25, 0.3) is 0 Å². The number of aromatic amines is 1. The molecule has 0 aliphatic rings. The Morgan fingerprint density at radius 2 is 2.06 bits per heavy atom. The molecule has 2 N–H and O–H groups in total. The van der Waals surface area contributed by atoms with Crippen molar-refractivity contribution >= 4 is 11.6 Å². The maximum absolute atomic E-state index is 10.8. The number of aromatic carboxylic acids is 1. The fourth-order valence-electron chi connectivity index (χ4n) is 1.66. The first-order chi connectivity index (χ1) is 8.25. The van der Waals surface area contributed by atoms with E-state index in [4.69, 9.17) is 5.11 Å². The third kappa shape index (κ3) is 1.46. The molecule has 0 unspecified atom stereocenters. The first kappa shape index (κ1) is 9.59. The van der Waals surface area contributed by atoms with E-state index in [9.17, 15) is 4.79 Å². The van der Waals surface area contributed by atoms with Crippen LogP contribution in [-0.4, -0.2) is 30.9 Å². The molecule has 6 heteroatoms. The van der Waals surface area contributed by atoms with Crippen molar-refractivity contribution in [1.29, 1.82) is 0 Å². The quantitative estimate of drug-likeness (QED) is 0.694. The second-order valence-electron chi connectivity index (χ2n) is 3.55. The van der Waals surface area contributed by atoms with E-state index in [2.05, 4.69) is 15.3 Å². The highest BCUT2D eigenvalue weighted by atomic mass is 16.4. The number of benzene rings is 1. The molecular weight excluding hydrogens is 220 g/mol. The number of carboxylic acid groups (broad SMARTS) is 1. The minimum Gasteiger partial charge on any atom is -0.476 e. The van der Waals surface area contributed by atoms with Crippen LogP contribution in [0.1, 0.15) is 10.5 Å². The van der Waals surface area contributed by atoms with Crippen molar-refractivity contribution in [3.63, 3.8) is 0 Å². The van der Waals surface area contributed by atoms with Crippen molar-refractivity contribution in [2.75, 3.05) is 0 Å². The Kier molecular flexibility index (Phi) is 1.94. The van der Waals surface area contributed by atoms with E-state index < -0.39 is 5.97 Å². The molecule has 0 saturated heterocycles. The van der Waals surface area contributed by atoms with Gasteiger partial charge in [-0.2, -0.15) is 14.7 Å². The summed E-state index contributed by atoms with van der Waals surface area (Å²) >= 11 is 0. The molecule has 0 fully saturated rings. The van der Waals surface area contributed by atoms with Crippen LogP contribution in [0.25, 0.3) is 17.0 Å². The van der Waals surface area contributed by atoms with Crippen molar-refractivity contribution in [1.82, 2.24) is 19.8 Å². The monoisotopic (exact) mass is 228 g/mol. The van der Waals surface area contributed by atoms with Gasteiger partial charge in [0.1, 0.15) is 0 Å². The number of hydrogen-bond acceptors (Lipinski definition) is 3. The fourth-order valence-corrected chi connectivity index (χ4v) is 1.66. The molecule has 0 aliphatic heterocycles. The molecule has 1 aromatic carbocycles. The molecule has 0 amide bonds. The van der Waals surface area contributed by atoms with Crippen molar-refractivity contribution in [3.05, 3.63) is 42.1 Å². The number of fused-ring (bicyclic) bond motifs is 1. The molecule has 84 valence electrons. The average molecular weight is 228 g/mol. The predicted molar refractivity (Wildman–Crippen MR) is 59.7 cm³/mol. The molecule has 0 saturated carbocycles. The third-order valence-electron chi connectivity index (χ3n) is 2.44. The number of H-pyrrole nitrogens is 1. The molecule has 17 heavy (non-hydrogen) atoms. The van der Waals surface area contributed by atoms with E-state index >= 15 is 0 Å². The van der Waals surface area contributed by atoms with E-state index in [1.165, 1.54) is 10.6 Å². The minimum atomic E-state index is -1.05. The molecular formula is C11H8N4O2. The summed E-state index contributed by atoms with van der Waals surface area (Å²) in [5.74, 6) is -0.464. The van der Waals surface area contributed by atoms with Crippen molar-refractivity contribution < 1.29 is 9.90 Å². The summed E-state index contributed by atoms with van der Waals surface area (Å²) in [6, 6.07) is 10.9. The third-order valence-corrected chi connectivity index (χ3v) is 2.44. The topological polar surface area (TPSA) is 83.3 Å². The molecule has 3 rings (SSSR count). The van der Waals surface area contributed by atoms with E-state index in [-0.39, 0.29) is 5.69 Å². The number of rotatable bonds is 2. The van der Waals surface area contributed by atoms with Crippen molar-refractivity contribution in [3.8, 4) is 11.4 Å². The zero-order valence-corrected chi connectivity index (χ0v) is 8.66. The summed E-state index contributed by atoms with van der Waals surface area (Å²) in [6.07, 6.45) is 0. The van der Waals surface area contributed by atoms with Gasteiger partial charge in [0.2, 0.25) is 0 Å². The lowest BCUT2D eigenvalue weighted by molar-refractivity contribution is 0.0690. The zero-order chi connectivity index (χ0) is 11.8. The molecule has 0 radical (unpaired) electrons. The Bertz CT molecular complexity index is 684. The number of nitrogens with zero attached hydrogens (tertiary/aromatic N) is 3. The van der Waals surface area contributed by atoms with Gasteiger partial charge in [-0.25, -0.2) is 4.79 Å². The SMILES string of the molecule is O=C(O)c1cc2[nH]nc(-c3ccccc3)n2n1. The number of carboxylic acids is 1. The van der Waals surface area contributed by atoms with Gasteiger partial charge in [-0.05, 0) is 0 Å². The average Bonchev–Trinajstić information content (AvgIpc) is 2.89. The molecule has 3 aromatic rings. The lowest BCUT2D eigenvalue weighted by Crippen LogP contribution is -1.98. The first-order valence-corrected chi connectivity index (χ1v) is 4.98. The summed E-state index contributed by atoms with van der Waals surface area (Å²) in [6.45, 7) is 0. The second kappa shape index (κ2) is 3.44. The fraction of sp³-hybridized carbons (Fsp3) is 0. The van der Waals surface area contributed by atoms with Crippen LogP contribution in [0.5, 0.6) is 0 Å². The zero-order valence-electron chi connectivity index (χ0n) is 8.66. The maximum atomic E-state index is 10.8. The normalized spacial score (nSPS) is 10.8. The predicted octanol–water partition coefficient (Wildman–Crippen LogP) is 1.42. The lowest BCUT2D eigenvalue weighted by Gasteiger charge is -1.95. The molecule has 2 aromatic heterocycles. The highest BCUT2D eigenvalue weighted by molar-refractivity contribution is 5.86. The Balaban J connectivity index is 2.21. The Hall–Kier alpha value is -2.63. The Morgan fingerprint density at radius 1 is 1.29 bits per heavy atom. The standard InChI is InChI=1S/C11H8N4O2/c16-11(17)8-6-9-12-13-10(15(9)14-8)7-4-2-1-3-5-7/h1-6,12H,(H,16,17). The van der Waals surface area contributed by atoms with E-state index in [0.717, 1.165) is 5.56 Å². The number of hydrogen-bond donors (Lipinski definition) is 2. The van der Waals surface area contributed by atoms with E-state index in [1.807, 2.05) is 30.3 Å². The molecule has 0 bridgehead atoms. The summed E-state index contributed by atoms with van der Waals surface area (Å²) < 4.78 is 1.48. The van der Waals surface area contributed by atoms with Crippen LogP contribution in [0.4, 0.5) is 0 Å². The van der Waals surface area contributed by atoms with Gasteiger partial charge in [0, 0.05) is 11.6 Å². The van der Waals surface area contributed by atoms with Crippen molar-refractivity contribution in [2.24, 2.45) is 0 Å². The lowest BCUT2D eigenvalue weighted by atomic mass is 10.2. The summed E-state index contributed by atoms with van der Waals surface area (Å²) in [7, 11) is 0. The van der Waals surface area contributed by atoms with Crippen molar-refractivity contribution in [2.45, 2.75) is 0 Å². The van der Waals surface area contributed by atoms with Crippen LogP contribution >= 0.6 is 0 Å². The highest BCUT2D eigenvalue weighted by Crippen LogP contribution is 2.17. The largest absolute Gasteiger partial charge is 0.476 e. The van der Waals surface area contributed by atoms with E-state index in [0.29, 0.717) is 11.5 Å². The smallest absolute Gasteiger partial charge is 0.356 e. The molecule has 0 atom stereocenters. The second-order valence-corrected chi connectivity index (χ2v) is 3.55. The van der Waals surface area contributed by atoms with Crippen LogP contribution in [0, 0.1) is 0 Å². The molecule has 0 aliphatic carbocycles. The van der Waals surface area contributed by atoms with Gasteiger partial charge in [-0.15, -0.1) is 0 Å². The van der Waals surface area contributed by atoms with Crippen LogP contribution in [0.3, 0.4) is 0 Å². The van der Waals surface area contributed by atoms with Gasteiger partial charge in [0.15, 0.2) is 17.2 Å². The van der Waals surface area contributed by atoms with E-state index in [1.54, 1.807) is 0 Å². The number of nitrogens with one attached hydrogen (secondary N) is 1. The number of aromatic nitrogens is 4. The highest BCUT2D eigenvalue weighted by Gasteiger charge is 2.14. The minimum absolute atomic E-state index is 0.00386. The molecule has 6 nitrogen and oxygen atoms in total. The Labute approximate surface area is 95.5 Å². The van der Waals surface area contributed by atoms with Crippen LogP contribution < -0.4 is 0 Å². The van der Waals surface area contributed by atoms with Crippen LogP contribution in [0.2, 0.25) is 0 Å². The molecule has 0 spiro atoms. The van der Waals surface area contributed by atoms with Gasteiger partial charge < -0.3 is 5.11 Å². The van der Waals surface area contributed by atoms with Crippen LogP contribution in [0.15, 0.2) is 36.4 Å². The van der Waals surface area contributed by atoms with Crippen LogP contribution in [-0.2, 0) is 0 Å². The van der Waals surface area contributed by atoms with Gasteiger partial charge in [0.05, 0.1) is 0 Å². The number of carbonyl (C=O) groups is 1. The van der Waals surface area contributed by atoms with Gasteiger partial charge >= 0.3 is 5.97 Å². The summed E-state index contributed by atoms with van der Waals surface area (Å²) in [5, 5.41) is 19.7. The summed E-state index contributed by atoms with van der Waals surface area (Å²) in [5.41, 5.74) is 1.43. The summed E-state index contributed by atoms with van der Waals surface area (Å²) in [4.78, 5) is 10.8.